The van der Waals surface area contributed by atoms with Crippen molar-refractivity contribution in [1.82, 2.24) is 0 Å². The van der Waals surface area contributed by atoms with Crippen LogP contribution in [0.25, 0.3) is 0 Å². The summed E-state index contributed by atoms with van der Waals surface area (Å²) in [6, 6.07) is 39.6. The van der Waals surface area contributed by atoms with E-state index in [1.54, 1.807) is 12.1 Å². The van der Waals surface area contributed by atoms with E-state index in [-0.39, 0.29) is 23.7 Å². The molecule has 0 N–H and O–H groups in total. The van der Waals surface area contributed by atoms with Crippen LogP contribution >= 0.6 is 34.4 Å². The Balaban J connectivity index is 1.30. The van der Waals surface area contributed by atoms with Crippen LogP contribution in [0.2, 0.25) is 0 Å². The monoisotopic (exact) mass is 660 g/mol. The van der Waals surface area contributed by atoms with Crippen molar-refractivity contribution < 1.29 is 18.6 Å². The molecule has 0 aromatic heterocycles. The van der Waals surface area contributed by atoms with Gasteiger partial charge in [0.15, 0.2) is 11.6 Å². The molecule has 0 saturated carbocycles. The lowest BCUT2D eigenvalue weighted by Crippen LogP contribution is -2.20. The van der Waals surface area contributed by atoms with Crippen molar-refractivity contribution >= 4 is 34.4 Å². The second-order valence-electron chi connectivity index (χ2n) is 9.45. The molecule has 200 valence electrons. The normalized spacial score (nSPS) is 16.1. The van der Waals surface area contributed by atoms with Crippen molar-refractivity contribution in [3.63, 3.8) is 0 Å². The number of hydrogen-bond donors (Lipinski definition) is 0. The van der Waals surface area contributed by atoms with E-state index in [0.717, 1.165) is 31.6 Å². The van der Waals surface area contributed by atoms with Crippen molar-refractivity contribution in [2.45, 2.75) is 29.5 Å². The Kier molecular flexibility index (Phi) is 8.25. The molecular formula is C34H26FIO3S. The van der Waals surface area contributed by atoms with E-state index in [1.807, 2.05) is 78.9 Å². The van der Waals surface area contributed by atoms with Crippen LogP contribution in [0.1, 0.15) is 33.6 Å². The molecule has 1 heterocycles. The average molecular weight is 661 g/mol. The van der Waals surface area contributed by atoms with Crippen molar-refractivity contribution in [2.24, 2.45) is 0 Å². The number of ether oxygens (including phenoxy) is 3. The molecule has 40 heavy (non-hydrogen) atoms. The van der Waals surface area contributed by atoms with Gasteiger partial charge in [0.05, 0.1) is 10.1 Å². The molecule has 0 fully saturated rings. The van der Waals surface area contributed by atoms with Crippen LogP contribution in [0.4, 0.5) is 4.39 Å². The minimum Gasteiger partial charge on any atom is -0.489 e. The lowest BCUT2D eigenvalue weighted by molar-refractivity contribution is 0.187. The predicted molar refractivity (Wildman–Crippen MR) is 166 cm³/mol. The molecule has 0 aliphatic carbocycles. The van der Waals surface area contributed by atoms with Gasteiger partial charge in [-0.05, 0) is 81.2 Å². The maximum atomic E-state index is 15.9. The standard InChI is InChI=1S/C34H26FIO3S/c35-31-29(38-22-24-10-5-2-6-11-24)18-19-30-34(31)40-33(32(39-30)25-14-16-27(36)17-15-25)26-12-7-13-28(20-26)37-21-23-8-3-1-4-9-23/h1-20,32-33H,21-22H2/t32-,33+/m1/s1. The largest absolute Gasteiger partial charge is 0.489 e. The molecule has 5 aromatic rings. The summed E-state index contributed by atoms with van der Waals surface area (Å²) in [5.41, 5.74) is 4.11. The molecule has 6 heteroatoms. The average Bonchev–Trinajstić information content (AvgIpc) is 3.01. The summed E-state index contributed by atoms with van der Waals surface area (Å²) >= 11 is 3.76. The molecule has 3 nitrogen and oxygen atoms in total. The van der Waals surface area contributed by atoms with Crippen LogP contribution in [-0.4, -0.2) is 0 Å². The van der Waals surface area contributed by atoms with Crippen LogP contribution in [0.3, 0.4) is 0 Å². The molecular weight excluding hydrogens is 634 g/mol. The van der Waals surface area contributed by atoms with Gasteiger partial charge in [0.1, 0.15) is 30.8 Å². The zero-order valence-corrected chi connectivity index (χ0v) is 24.5. The number of hydrogen-bond acceptors (Lipinski definition) is 4. The summed E-state index contributed by atoms with van der Waals surface area (Å²) in [5.74, 6) is 1.09. The topological polar surface area (TPSA) is 27.7 Å². The molecule has 0 unspecified atom stereocenters. The van der Waals surface area contributed by atoms with Crippen LogP contribution in [0, 0.1) is 9.39 Å². The maximum absolute atomic E-state index is 15.9. The molecule has 0 spiro atoms. The molecule has 1 aliphatic rings. The lowest BCUT2D eigenvalue weighted by Gasteiger charge is -2.34. The third-order valence-electron chi connectivity index (χ3n) is 6.67. The number of halogens is 2. The first-order valence-corrected chi connectivity index (χ1v) is 14.9. The highest BCUT2D eigenvalue weighted by Gasteiger charge is 2.36. The Morgan fingerprint density at radius 1 is 0.700 bits per heavy atom. The van der Waals surface area contributed by atoms with E-state index in [0.29, 0.717) is 17.3 Å². The Morgan fingerprint density at radius 2 is 1.38 bits per heavy atom. The third-order valence-corrected chi connectivity index (χ3v) is 8.78. The van der Waals surface area contributed by atoms with Gasteiger partial charge in [0.25, 0.3) is 0 Å². The summed E-state index contributed by atoms with van der Waals surface area (Å²) in [6.45, 7) is 0.760. The van der Waals surface area contributed by atoms with Gasteiger partial charge in [0.2, 0.25) is 0 Å². The summed E-state index contributed by atoms with van der Waals surface area (Å²) in [5, 5.41) is -0.202. The van der Waals surface area contributed by atoms with Gasteiger partial charge in [-0.25, -0.2) is 4.39 Å². The van der Waals surface area contributed by atoms with Crippen molar-refractivity contribution in [1.29, 1.82) is 0 Å². The third kappa shape index (κ3) is 6.13. The quantitative estimate of drug-likeness (QED) is 0.155. The lowest BCUT2D eigenvalue weighted by atomic mass is 10.00. The van der Waals surface area contributed by atoms with Crippen molar-refractivity contribution in [2.75, 3.05) is 0 Å². The summed E-state index contributed by atoms with van der Waals surface area (Å²) < 4.78 is 35.5. The minimum absolute atomic E-state index is 0.202. The van der Waals surface area contributed by atoms with Crippen LogP contribution < -0.4 is 14.2 Å². The Morgan fingerprint density at radius 3 is 2.08 bits per heavy atom. The summed E-state index contributed by atoms with van der Waals surface area (Å²) in [6.07, 6.45) is -0.311. The molecule has 0 amide bonds. The van der Waals surface area contributed by atoms with E-state index in [9.17, 15) is 0 Å². The molecule has 1 aliphatic heterocycles. The summed E-state index contributed by atoms with van der Waals surface area (Å²) in [4.78, 5) is 0.452. The number of rotatable bonds is 8. The first-order valence-electron chi connectivity index (χ1n) is 13.0. The van der Waals surface area contributed by atoms with Crippen LogP contribution in [-0.2, 0) is 13.2 Å². The van der Waals surface area contributed by atoms with Crippen molar-refractivity contribution in [3.05, 3.63) is 153 Å². The van der Waals surface area contributed by atoms with Gasteiger partial charge in [-0.2, -0.15) is 0 Å². The predicted octanol–water partition coefficient (Wildman–Crippen LogP) is 9.56. The molecule has 5 aromatic carbocycles. The molecule has 0 radical (unpaired) electrons. The van der Waals surface area contributed by atoms with Gasteiger partial charge < -0.3 is 14.2 Å². The van der Waals surface area contributed by atoms with Crippen LogP contribution in [0.5, 0.6) is 17.2 Å². The highest BCUT2D eigenvalue weighted by Crippen LogP contribution is 2.55. The minimum atomic E-state index is -0.402. The molecule has 6 rings (SSSR count). The maximum Gasteiger partial charge on any atom is 0.182 e. The number of fused-ring (bicyclic) bond motifs is 1. The van der Waals surface area contributed by atoms with Crippen LogP contribution in [0.15, 0.2) is 126 Å². The molecule has 2 atom stereocenters. The van der Waals surface area contributed by atoms with E-state index >= 15 is 4.39 Å². The van der Waals surface area contributed by atoms with E-state index < -0.39 is 5.82 Å². The number of thioether (sulfide) groups is 1. The smallest absolute Gasteiger partial charge is 0.182 e. The second kappa shape index (κ2) is 12.4. The zero-order chi connectivity index (χ0) is 27.3. The van der Waals surface area contributed by atoms with E-state index in [2.05, 4.69) is 52.9 Å². The highest BCUT2D eigenvalue weighted by atomic mass is 127. The molecule has 0 saturated heterocycles. The van der Waals surface area contributed by atoms with Gasteiger partial charge >= 0.3 is 0 Å². The van der Waals surface area contributed by atoms with E-state index in [4.69, 9.17) is 14.2 Å². The number of benzene rings is 5. The summed E-state index contributed by atoms with van der Waals surface area (Å²) in [7, 11) is 0. The Bertz CT molecular complexity index is 1580. The first kappa shape index (κ1) is 26.7. The van der Waals surface area contributed by atoms with Gasteiger partial charge in [-0.3, -0.25) is 0 Å². The fraction of sp³-hybridized carbons (Fsp3) is 0.118. The highest BCUT2D eigenvalue weighted by molar-refractivity contribution is 14.1. The molecule has 0 bridgehead atoms. The first-order chi connectivity index (χ1) is 19.6. The Labute approximate surface area is 251 Å². The Hall–Kier alpha value is -3.49. The fourth-order valence-electron chi connectivity index (χ4n) is 4.62. The van der Waals surface area contributed by atoms with Gasteiger partial charge in [-0.1, -0.05) is 84.9 Å². The fourth-order valence-corrected chi connectivity index (χ4v) is 6.29. The van der Waals surface area contributed by atoms with Gasteiger partial charge in [-0.15, -0.1) is 11.8 Å². The van der Waals surface area contributed by atoms with Crippen molar-refractivity contribution in [3.8, 4) is 17.2 Å². The SMILES string of the molecule is Fc1c(OCc2ccccc2)ccc2c1S[C@@H](c1cccc(OCc3ccccc3)c1)[C@@H](c1ccc(I)cc1)O2. The second-order valence-corrected chi connectivity index (χ2v) is 11.9. The van der Waals surface area contributed by atoms with Gasteiger partial charge in [0, 0.05) is 3.57 Å². The van der Waals surface area contributed by atoms with E-state index in [1.165, 1.54) is 11.8 Å². The zero-order valence-electron chi connectivity index (χ0n) is 21.5.